The molecule has 0 aliphatic carbocycles. The molecule has 3 aliphatic heterocycles. The number of anilines is 1. The van der Waals surface area contributed by atoms with Crippen molar-refractivity contribution >= 4 is 11.3 Å². The van der Waals surface area contributed by atoms with Crippen molar-refractivity contribution < 1.29 is 19.0 Å². The van der Waals surface area contributed by atoms with Gasteiger partial charge >= 0.3 is 0 Å². The lowest BCUT2D eigenvalue weighted by molar-refractivity contribution is -0.00884. The third-order valence-electron chi connectivity index (χ3n) is 7.45. The SMILES string of the molecule is COc1ncc(CN2C3CC2CN(c2ccc(-c4cc(OCC(C)(C)O)cn5ncc(C#N)c45)cn2)C3)cc1F. The summed E-state index contributed by atoms with van der Waals surface area (Å²) in [6.07, 6.45) is 7.82. The summed E-state index contributed by atoms with van der Waals surface area (Å²) >= 11 is 0. The molecule has 0 amide bonds. The number of nitrogens with zero attached hydrogens (tertiary/aromatic N) is 7. The molecule has 2 unspecified atom stereocenters. The molecule has 206 valence electrons. The van der Waals surface area contributed by atoms with E-state index < -0.39 is 11.4 Å². The van der Waals surface area contributed by atoms with Crippen molar-refractivity contribution in [2.24, 2.45) is 0 Å². The van der Waals surface area contributed by atoms with Crippen LogP contribution in [0.1, 0.15) is 31.4 Å². The molecule has 0 spiro atoms. The normalized spacial score (nSPS) is 18.9. The Bertz CT molecular complexity index is 1580. The Morgan fingerprint density at radius 2 is 1.95 bits per heavy atom. The van der Waals surface area contributed by atoms with Gasteiger partial charge in [-0.25, -0.2) is 18.9 Å². The summed E-state index contributed by atoms with van der Waals surface area (Å²) in [5.41, 5.74) is 2.57. The minimum Gasteiger partial charge on any atom is -0.489 e. The average Bonchev–Trinajstić information content (AvgIpc) is 3.37. The zero-order chi connectivity index (χ0) is 28.0. The summed E-state index contributed by atoms with van der Waals surface area (Å²) in [7, 11) is 1.41. The summed E-state index contributed by atoms with van der Waals surface area (Å²) < 4.78 is 26.5. The van der Waals surface area contributed by atoms with Crippen molar-refractivity contribution in [3.8, 4) is 28.8 Å². The van der Waals surface area contributed by atoms with Gasteiger partial charge in [-0.05, 0) is 50.1 Å². The molecular formula is C29H30FN7O3. The number of nitriles is 1. The molecule has 7 heterocycles. The van der Waals surface area contributed by atoms with E-state index in [1.165, 1.54) is 19.4 Å². The van der Waals surface area contributed by atoms with Gasteiger partial charge in [0.15, 0.2) is 5.82 Å². The van der Waals surface area contributed by atoms with E-state index in [0.717, 1.165) is 42.0 Å². The number of methoxy groups -OCH3 is 1. The van der Waals surface area contributed by atoms with Gasteiger partial charge in [-0.15, -0.1) is 0 Å². The largest absolute Gasteiger partial charge is 0.489 e. The van der Waals surface area contributed by atoms with Crippen LogP contribution in [0, 0.1) is 17.1 Å². The minimum absolute atomic E-state index is 0.0134. The summed E-state index contributed by atoms with van der Waals surface area (Å²) in [6.45, 7) is 5.78. The molecule has 3 aliphatic rings. The highest BCUT2D eigenvalue weighted by atomic mass is 19.1. The van der Waals surface area contributed by atoms with Gasteiger partial charge in [0.25, 0.3) is 0 Å². The number of fused-ring (bicyclic) bond motifs is 3. The number of aromatic nitrogens is 4. The van der Waals surface area contributed by atoms with E-state index in [2.05, 4.69) is 26.0 Å². The van der Waals surface area contributed by atoms with E-state index in [1.807, 2.05) is 24.4 Å². The summed E-state index contributed by atoms with van der Waals surface area (Å²) in [5, 5.41) is 24.1. The van der Waals surface area contributed by atoms with Gasteiger partial charge < -0.3 is 19.5 Å². The fraction of sp³-hybridized carbons (Fsp3) is 0.379. The van der Waals surface area contributed by atoms with E-state index in [-0.39, 0.29) is 12.5 Å². The first-order chi connectivity index (χ1) is 19.2. The molecule has 1 N–H and O–H groups in total. The van der Waals surface area contributed by atoms with Crippen LogP contribution in [0.25, 0.3) is 16.6 Å². The van der Waals surface area contributed by atoms with Crippen molar-refractivity contribution in [1.29, 1.82) is 5.26 Å². The lowest BCUT2D eigenvalue weighted by Crippen LogP contribution is -2.68. The molecule has 3 fully saturated rings. The predicted molar refractivity (Wildman–Crippen MR) is 146 cm³/mol. The smallest absolute Gasteiger partial charge is 0.250 e. The maximum atomic E-state index is 14.1. The van der Waals surface area contributed by atoms with Crippen LogP contribution in [0.4, 0.5) is 10.2 Å². The molecule has 0 radical (unpaired) electrons. The predicted octanol–water partition coefficient (Wildman–Crippen LogP) is 3.42. The lowest BCUT2D eigenvalue weighted by Gasteiger charge is -2.56. The Labute approximate surface area is 231 Å². The molecule has 0 aromatic carbocycles. The molecule has 2 atom stereocenters. The van der Waals surface area contributed by atoms with Gasteiger partial charge in [0.2, 0.25) is 5.88 Å². The second-order valence-electron chi connectivity index (χ2n) is 11.0. The van der Waals surface area contributed by atoms with Crippen molar-refractivity contribution in [2.75, 3.05) is 31.7 Å². The Kier molecular flexibility index (Phi) is 6.52. The molecule has 2 bridgehead atoms. The number of rotatable bonds is 8. The highest BCUT2D eigenvalue weighted by Gasteiger charge is 2.44. The number of ether oxygens (including phenoxy) is 2. The first-order valence-corrected chi connectivity index (χ1v) is 13.1. The van der Waals surface area contributed by atoms with Gasteiger partial charge in [-0.3, -0.25) is 4.90 Å². The van der Waals surface area contributed by atoms with E-state index in [4.69, 9.17) is 14.5 Å². The molecule has 4 aromatic rings. The second-order valence-corrected chi connectivity index (χ2v) is 11.0. The van der Waals surface area contributed by atoms with Crippen LogP contribution in [0.2, 0.25) is 0 Å². The van der Waals surface area contributed by atoms with E-state index in [9.17, 15) is 14.8 Å². The van der Waals surface area contributed by atoms with Crippen LogP contribution in [0.15, 0.2) is 49.1 Å². The van der Waals surface area contributed by atoms with Crippen LogP contribution in [0.5, 0.6) is 11.6 Å². The monoisotopic (exact) mass is 543 g/mol. The Hall–Kier alpha value is -4.27. The number of halogens is 1. The van der Waals surface area contributed by atoms with Crippen molar-refractivity contribution in [1.82, 2.24) is 24.5 Å². The van der Waals surface area contributed by atoms with Crippen LogP contribution in [-0.2, 0) is 6.54 Å². The van der Waals surface area contributed by atoms with Crippen molar-refractivity contribution in [3.05, 3.63) is 66.0 Å². The van der Waals surface area contributed by atoms with Crippen LogP contribution in [0.3, 0.4) is 0 Å². The zero-order valence-electron chi connectivity index (χ0n) is 22.6. The van der Waals surface area contributed by atoms with Gasteiger partial charge in [0, 0.05) is 55.2 Å². The van der Waals surface area contributed by atoms with Crippen LogP contribution in [-0.4, -0.2) is 74.1 Å². The third-order valence-corrected chi connectivity index (χ3v) is 7.45. The number of piperidine rings is 1. The molecule has 0 saturated carbocycles. The Balaban J connectivity index is 1.19. The summed E-state index contributed by atoms with van der Waals surface area (Å²) in [5.74, 6) is 0.986. The number of piperazine rings is 1. The van der Waals surface area contributed by atoms with Crippen molar-refractivity contribution in [3.63, 3.8) is 0 Å². The lowest BCUT2D eigenvalue weighted by atomic mass is 9.87. The number of hydrogen-bond donors (Lipinski definition) is 1. The molecule has 3 saturated heterocycles. The Morgan fingerprint density at radius 3 is 2.60 bits per heavy atom. The first kappa shape index (κ1) is 26.0. The number of pyridine rings is 3. The number of aliphatic hydroxyl groups is 1. The molecule has 7 rings (SSSR count). The van der Waals surface area contributed by atoms with E-state index in [0.29, 0.717) is 35.5 Å². The highest BCUT2D eigenvalue weighted by Crippen LogP contribution is 2.37. The van der Waals surface area contributed by atoms with E-state index in [1.54, 1.807) is 30.8 Å². The highest BCUT2D eigenvalue weighted by molar-refractivity contribution is 5.85. The topological polar surface area (TPSA) is 112 Å². The quantitative estimate of drug-likeness (QED) is 0.357. The first-order valence-electron chi connectivity index (χ1n) is 13.1. The Morgan fingerprint density at radius 1 is 1.15 bits per heavy atom. The summed E-state index contributed by atoms with van der Waals surface area (Å²) in [4.78, 5) is 13.5. The maximum Gasteiger partial charge on any atom is 0.250 e. The maximum absolute atomic E-state index is 14.1. The van der Waals surface area contributed by atoms with Gasteiger partial charge in [0.1, 0.15) is 24.2 Å². The van der Waals surface area contributed by atoms with Crippen molar-refractivity contribution in [2.45, 2.75) is 44.5 Å². The molecular weight excluding hydrogens is 513 g/mol. The van der Waals surface area contributed by atoms with Gasteiger partial charge in [-0.2, -0.15) is 10.4 Å². The fourth-order valence-corrected chi connectivity index (χ4v) is 5.52. The fourth-order valence-electron chi connectivity index (χ4n) is 5.52. The standard InChI is InChI=1S/C29H30FN7O3/c1-29(2,38)17-40-23-8-24(27-20(9-31)12-34-37(27)16-23)19-4-5-26(32-11-19)35-14-21-7-22(15-35)36(21)13-18-6-25(30)28(39-3)33-10-18/h4-6,8,10-12,16,21-22,38H,7,13-15,17H2,1-3H3. The third kappa shape index (κ3) is 4.92. The summed E-state index contributed by atoms with van der Waals surface area (Å²) in [6, 6.07) is 10.3. The molecule has 10 nitrogen and oxygen atoms in total. The zero-order valence-corrected chi connectivity index (χ0v) is 22.6. The number of hydrogen-bond acceptors (Lipinski definition) is 9. The minimum atomic E-state index is -0.993. The average molecular weight is 544 g/mol. The van der Waals surface area contributed by atoms with Gasteiger partial charge in [0.05, 0.1) is 36.2 Å². The molecule has 40 heavy (non-hydrogen) atoms. The molecule has 11 heteroatoms. The second kappa shape index (κ2) is 10.0. The van der Waals surface area contributed by atoms with Gasteiger partial charge in [-0.1, -0.05) is 0 Å². The molecule has 4 aromatic heterocycles. The van der Waals surface area contributed by atoms with E-state index >= 15 is 0 Å². The van der Waals surface area contributed by atoms with Crippen LogP contribution < -0.4 is 14.4 Å². The van der Waals surface area contributed by atoms with Crippen LogP contribution >= 0.6 is 0 Å².